The SMILES string of the molecule is Cc1cccc(C)c1NC(=O)c1ccc(Nc2ccc3c(c2)OCO3)nc1. The molecular formula is C21H19N3O3. The van der Waals surface area contributed by atoms with Crippen molar-refractivity contribution in [2.45, 2.75) is 13.8 Å². The van der Waals surface area contributed by atoms with Gasteiger partial charge in [-0.3, -0.25) is 4.79 Å². The number of aryl methyl sites for hydroxylation is 2. The van der Waals surface area contributed by atoms with Gasteiger partial charge in [0.2, 0.25) is 6.79 Å². The summed E-state index contributed by atoms with van der Waals surface area (Å²) in [6.45, 7) is 4.18. The van der Waals surface area contributed by atoms with E-state index >= 15 is 0 Å². The second-order valence-corrected chi connectivity index (χ2v) is 6.35. The maximum atomic E-state index is 12.5. The van der Waals surface area contributed by atoms with Crippen LogP contribution in [0.1, 0.15) is 21.5 Å². The van der Waals surface area contributed by atoms with Gasteiger partial charge in [0, 0.05) is 23.6 Å². The molecule has 27 heavy (non-hydrogen) atoms. The van der Waals surface area contributed by atoms with E-state index in [2.05, 4.69) is 15.6 Å². The minimum Gasteiger partial charge on any atom is -0.454 e. The van der Waals surface area contributed by atoms with Gasteiger partial charge in [-0.15, -0.1) is 0 Å². The van der Waals surface area contributed by atoms with E-state index in [0.29, 0.717) is 17.1 Å². The minimum atomic E-state index is -0.186. The number of amides is 1. The van der Waals surface area contributed by atoms with Crippen LogP contribution in [0.15, 0.2) is 54.7 Å². The molecule has 1 amide bonds. The summed E-state index contributed by atoms with van der Waals surface area (Å²) in [4.78, 5) is 16.8. The first-order valence-corrected chi connectivity index (χ1v) is 8.60. The fourth-order valence-electron chi connectivity index (χ4n) is 2.92. The van der Waals surface area contributed by atoms with Crippen molar-refractivity contribution in [2.75, 3.05) is 17.4 Å². The first-order valence-electron chi connectivity index (χ1n) is 8.60. The number of para-hydroxylation sites is 1. The number of hydrogen-bond donors (Lipinski definition) is 2. The number of carbonyl (C=O) groups excluding carboxylic acids is 1. The fourth-order valence-corrected chi connectivity index (χ4v) is 2.92. The van der Waals surface area contributed by atoms with Crippen LogP contribution >= 0.6 is 0 Å². The number of anilines is 3. The number of fused-ring (bicyclic) bond motifs is 1. The predicted octanol–water partition coefficient (Wildman–Crippen LogP) is 4.42. The zero-order valence-corrected chi connectivity index (χ0v) is 15.1. The highest BCUT2D eigenvalue weighted by atomic mass is 16.7. The molecule has 1 aromatic heterocycles. The maximum Gasteiger partial charge on any atom is 0.257 e. The molecule has 0 unspecified atom stereocenters. The van der Waals surface area contributed by atoms with Gasteiger partial charge >= 0.3 is 0 Å². The zero-order chi connectivity index (χ0) is 18.8. The Morgan fingerprint density at radius 3 is 2.52 bits per heavy atom. The van der Waals surface area contributed by atoms with E-state index < -0.39 is 0 Å². The smallest absolute Gasteiger partial charge is 0.257 e. The number of pyridine rings is 1. The highest BCUT2D eigenvalue weighted by molar-refractivity contribution is 6.05. The summed E-state index contributed by atoms with van der Waals surface area (Å²) in [5.41, 5.74) is 4.22. The lowest BCUT2D eigenvalue weighted by Crippen LogP contribution is -2.14. The number of aromatic nitrogens is 1. The van der Waals surface area contributed by atoms with E-state index in [4.69, 9.17) is 9.47 Å². The minimum absolute atomic E-state index is 0.186. The molecule has 4 rings (SSSR count). The van der Waals surface area contributed by atoms with Crippen molar-refractivity contribution in [1.29, 1.82) is 0 Å². The second kappa shape index (κ2) is 6.99. The standard InChI is InChI=1S/C21H19N3O3/c1-13-4-3-5-14(2)20(13)24-21(25)15-6-9-19(22-11-15)23-16-7-8-17-18(10-16)27-12-26-17/h3-11H,12H2,1-2H3,(H,22,23)(H,24,25). The summed E-state index contributed by atoms with van der Waals surface area (Å²) in [6, 6.07) is 15.0. The normalized spacial score (nSPS) is 11.9. The highest BCUT2D eigenvalue weighted by Gasteiger charge is 2.14. The molecule has 6 nitrogen and oxygen atoms in total. The van der Waals surface area contributed by atoms with E-state index in [1.807, 2.05) is 50.2 Å². The van der Waals surface area contributed by atoms with Crippen molar-refractivity contribution in [1.82, 2.24) is 4.98 Å². The summed E-state index contributed by atoms with van der Waals surface area (Å²) < 4.78 is 10.7. The topological polar surface area (TPSA) is 72.5 Å². The summed E-state index contributed by atoms with van der Waals surface area (Å²) in [5.74, 6) is 1.88. The van der Waals surface area contributed by atoms with Gasteiger partial charge in [0.1, 0.15) is 5.82 Å². The lowest BCUT2D eigenvalue weighted by molar-refractivity contribution is 0.102. The Bertz CT molecular complexity index is 980. The fraction of sp³-hybridized carbons (Fsp3) is 0.143. The Morgan fingerprint density at radius 1 is 1.00 bits per heavy atom. The van der Waals surface area contributed by atoms with Crippen LogP contribution in [0, 0.1) is 13.8 Å². The Labute approximate surface area is 157 Å². The molecule has 0 spiro atoms. The molecule has 0 atom stereocenters. The van der Waals surface area contributed by atoms with Gasteiger partial charge in [-0.1, -0.05) is 18.2 Å². The predicted molar refractivity (Wildman–Crippen MR) is 104 cm³/mol. The number of benzene rings is 2. The van der Waals surface area contributed by atoms with Crippen molar-refractivity contribution in [2.24, 2.45) is 0 Å². The first-order chi connectivity index (χ1) is 13.1. The van der Waals surface area contributed by atoms with Crippen LogP contribution in [0.2, 0.25) is 0 Å². The van der Waals surface area contributed by atoms with E-state index in [1.165, 1.54) is 0 Å². The molecule has 1 aliphatic heterocycles. The third-order valence-corrected chi connectivity index (χ3v) is 4.39. The summed E-state index contributed by atoms with van der Waals surface area (Å²) in [6.07, 6.45) is 1.55. The molecule has 0 saturated heterocycles. The van der Waals surface area contributed by atoms with Gasteiger partial charge in [-0.25, -0.2) is 4.98 Å². The maximum absolute atomic E-state index is 12.5. The van der Waals surface area contributed by atoms with Crippen LogP contribution in [0.4, 0.5) is 17.2 Å². The van der Waals surface area contributed by atoms with Crippen LogP contribution < -0.4 is 20.1 Å². The van der Waals surface area contributed by atoms with Crippen molar-refractivity contribution in [3.63, 3.8) is 0 Å². The molecule has 0 fully saturated rings. The van der Waals surface area contributed by atoms with Crippen LogP contribution in [0.3, 0.4) is 0 Å². The molecule has 0 bridgehead atoms. The molecule has 0 saturated carbocycles. The van der Waals surface area contributed by atoms with E-state index in [0.717, 1.165) is 28.3 Å². The van der Waals surface area contributed by atoms with Gasteiger partial charge in [0.25, 0.3) is 5.91 Å². The van der Waals surface area contributed by atoms with Gasteiger partial charge < -0.3 is 20.1 Å². The summed E-state index contributed by atoms with van der Waals surface area (Å²) in [5, 5.41) is 6.15. The average Bonchev–Trinajstić information content (AvgIpc) is 3.13. The van der Waals surface area contributed by atoms with Crippen LogP contribution in [0.5, 0.6) is 11.5 Å². The number of nitrogens with zero attached hydrogens (tertiary/aromatic N) is 1. The van der Waals surface area contributed by atoms with Gasteiger partial charge in [0.05, 0.1) is 5.56 Å². The number of ether oxygens (including phenoxy) is 2. The van der Waals surface area contributed by atoms with Gasteiger partial charge in [-0.05, 0) is 49.2 Å². The largest absolute Gasteiger partial charge is 0.454 e. The second-order valence-electron chi connectivity index (χ2n) is 6.35. The van der Waals surface area contributed by atoms with Crippen molar-refractivity contribution < 1.29 is 14.3 Å². The van der Waals surface area contributed by atoms with Crippen molar-refractivity contribution in [3.05, 3.63) is 71.4 Å². The van der Waals surface area contributed by atoms with Gasteiger partial charge in [0.15, 0.2) is 11.5 Å². The summed E-state index contributed by atoms with van der Waals surface area (Å²) >= 11 is 0. The third-order valence-electron chi connectivity index (χ3n) is 4.39. The molecule has 3 aromatic rings. The van der Waals surface area contributed by atoms with E-state index in [9.17, 15) is 4.79 Å². The van der Waals surface area contributed by atoms with Crippen molar-refractivity contribution >= 4 is 23.1 Å². The Hall–Kier alpha value is -3.54. The molecule has 2 heterocycles. The number of nitrogens with one attached hydrogen (secondary N) is 2. The average molecular weight is 361 g/mol. The number of hydrogen-bond acceptors (Lipinski definition) is 5. The number of rotatable bonds is 4. The molecule has 2 N–H and O–H groups in total. The van der Waals surface area contributed by atoms with Gasteiger partial charge in [-0.2, -0.15) is 0 Å². The number of carbonyl (C=O) groups is 1. The van der Waals surface area contributed by atoms with Crippen molar-refractivity contribution in [3.8, 4) is 11.5 Å². The molecule has 0 radical (unpaired) electrons. The highest BCUT2D eigenvalue weighted by Crippen LogP contribution is 2.34. The zero-order valence-electron chi connectivity index (χ0n) is 15.1. The Morgan fingerprint density at radius 2 is 1.78 bits per heavy atom. The molecule has 136 valence electrons. The lowest BCUT2D eigenvalue weighted by atomic mass is 10.1. The summed E-state index contributed by atoms with van der Waals surface area (Å²) in [7, 11) is 0. The third kappa shape index (κ3) is 3.55. The quantitative estimate of drug-likeness (QED) is 0.719. The molecule has 0 aliphatic carbocycles. The molecule has 1 aliphatic rings. The Kier molecular flexibility index (Phi) is 4.38. The Balaban J connectivity index is 1.46. The van der Waals surface area contributed by atoms with Crippen LogP contribution in [0.25, 0.3) is 0 Å². The molecule has 2 aromatic carbocycles. The lowest BCUT2D eigenvalue weighted by Gasteiger charge is -2.12. The first kappa shape index (κ1) is 16.9. The van der Waals surface area contributed by atoms with E-state index in [-0.39, 0.29) is 12.7 Å². The van der Waals surface area contributed by atoms with Crippen LogP contribution in [-0.2, 0) is 0 Å². The van der Waals surface area contributed by atoms with E-state index in [1.54, 1.807) is 18.3 Å². The molecular weight excluding hydrogens is 342 g/mol. The molecule has 6 heteroatoms. The monoisotopic (exact) mass is 361 g/mol. The van der Waals surface area contributed by atoms with Crippen LogP contribution in [-0.4, -0.2) is 17.7 Å².